The van der Waals surface area contributed by atoms with Gasteiger partial charge in [-0.3, -0.25) is 0 Å². The van der Waals surface area contributed by atoms with Crippen LogP contribution in [0.4, 0.5) is 0 Å². The Labute approximate surface area is 198 Å². The Morgan fingerprint density at radius 1 is 0.844 bits per heavy atom. The Balaban J connectivity index is 1.64. The molecule has 1 aliphatic carbocycles. The number of benzene rings is 3. The molecule has 3 aromatic carbocycles. The molecule has 0 saturated carbocycles. The Kier molecular flexibility index (Phi) is 3.90. The highest BCUT2D eigenvalue weighted by Gasteiger charge is 2.64. The zero-order chi connectivity index (χ0) is 21.5. The van der Waals surface area contributed by atoms with Crippen LogP contribution in [0.25, 0.3) is 31.1 Å². The quantitative estimate of drug-likeness (QED) is 0.262. The second kappa shape index (κ2) is 6.55. The molecule has 1 aliphatic heterocycles. The first-order valence-electron chi connectivity index (χ1n) is 10.6. The van der Waals surface area contributed by atoms with Gasteiger partial charge in [-0.1, -0.05) is 66.7 Å². The van der Waals surface area contributed by atoms with Crippen LogP contribution >= 0.6 is 34.4 Å². The van der Waals surface area contributed by atoms with E-state index in [0.717, 1.165) is 16.3 Å². The lowest BCUT2D eigenvalue weighted by atomic mass is 9.72. The fourth-order valence-electron chi connectivity index (χ4n) is 5.40. The van der Waals surface area contributed by atoms with Crippen LogP contribution in [-0.4, -0.2) is 12.1 Å². The molecule has 7 rings (SSSR count). The van der Waals surface area contributed by atoms with Crippen LogP contribution in [0, 0.1) is 0 Å². The molecule has 0 spiro atoms. The minimum Gasteiger partial charge on any atom is -0.365 e. The van der Waals surface area contributed by atoms with Crippen LogP contribution in [0.15, 0.2) is 83.8 Å². The van der Waals surface area contributed by atoms with Gasteiger partial charge >= 0.3 is 0 Å². The number of methoxy groups -OCH3 is 1. The maximum atomic E-state index is 6.59. The van der Waals surface area contributed by atoms with Gasteiger partial charge in [0.15, 0.2) is 5.60 Å². The fourth-order valence-corrected chi connectivity index (χ4v) is 9.73. The van der Waals surface area contributed by atoms with Gasteiger partial charge in [0.1, 0.15) is 5.01 Å². The van der Waals surface area contributed by atoms with Crippen molar-refractivity contribution in [1.82, 2.24) is 4.98 Å². The summed E-state index contributed by atoms with van der Waals surface area (Å²) in [5, 5.41) is 2.37. The van der Waals surface area contributed by atoms with Gasteiger partial charge in [0.05, 0.1) is 15.3 Å². The third-order valence-electron chi connectivity index (χ3n) is 6.80. The van der Waals surface area contributed by atoms with E-state index < -0.39 is 5.60 Å². The number of fused-ring (bicyclic) bond motifs is 10. The summed E-state index contributed by atoms with van der Waals surface area (Å²) in [5.41, 5.74) is 4.15. The van der Waals surface area contributed by atoms with Crippen LogP contribution in [0.3, 0.4) is 0 Å². The number of ether oxygens (including phenoxy) is 1. The van der Waals surface area contributed by atoms with Gasteiger partial charge in [-0.2, -0.15) is 0 Å². The number of rotatable bonds is 2. The molecule has 2 nitrogen and oxygen atoms in total. The van der Waals surface area contributed by atoms with Crippen molar-refractivity contribution in [2.24, 2.45) is 0 Å². The molecule has 0 unspecified atom stereocenters. The number of thiophene rings is 1. The van der Waals surface area contributed by atoms with E-state index in [4.69, 9.17) is 9.72 Å². The van der Waals surface area contributed by atoms with Gasteiger partial charge in [-0.15, -0.1) is 34.4 Å². The molecule has 0 amide bonds. The molecule has 2 atom stereocenters. The number of nitrogens with zero attached hydrogens (tertiary/aromatic N) is 1. The van der Waals surface area contributed by atoms with Crippen molar-refractivity contribution in [3.63, 3.8) is 0 Å². The molecule has 2 aromatic heterocycles. The lowest BCUT2D eigenvalue weighted by Crippen LogP contribution is -2.46. The molecule has 156 valence electrons. The van der Waals surface area contributed by atoms with E-state index >= 15 is 0 Å². The molecule has 5 heteroatoms. The van der Waals surface area contributed by atoms with E-state index in [1.54, 1.807) is 11.3 Å². The van der Waals surface area contributed by atoms with E-state index in [-0.39, 0.29) is 4.75 Å². The second-order valence-corrected chi connectivity index (χ2v) is 11.9. The first-order valence-corrected chi connectivity index (χ1v) is 13.0. The van der Waals surface area contributed by atoms with Crippen LogP contribution < -0.4 is 0 Å². The van der Waals surface area contributed by atoms with Gasteiger partial charge in [0.25, 0.3) is 0 Å². The summed E-state index contributed by atoms with van der Waals surface area (Å²) >= 11 is 5.62. The van der Waals surface area contributed by atoms with Crippen molar-refractivity contribution < 1.29 is 4.74 Å². The summed E-state index contributed by atoms with van der Waals surface area (Å²) in [7, 11) is 1.85. The molecular formula is C27H19NOS3. The summed E-state index contributed by atoms with van der Waals surface area (Å²) in [5.74, 6) is 0. The predicted octanol–water partition coefficient (Wildman–Crippen LogP) is 7.92. The summed E-state index contributed by atoms with van der Waals surface area (Å²) < 4.78 is 7.62. The summed E-state index contributed by atoms with van der Waals surface area (Å²) in [6.07, 6.45) is 0. The van der Waals surface area contributed by atoms with Gasteiger partial charge in [-0.25, -0.2) is 4.98 Å². The Morgan fingerprint density at radius 3 is 2.44 bits per heavy atom. The second-order valence-electron chi connectivity index (χ2n) is 8.38. The Bertz CT molecular complexity index is 1520. The summed E-state index contributed by atoms with van der Waals surface area (Å²) in [6.45, 7) is 2.35. The molecule has 3 heterocycles. The lowest BCUT2D eigenvalue weighted by molar-refractivity contribution is -0.0105. The SMILES string of the molecule is CO[C@@]12c3ccccc3S[C@@]1(C)c1sc3ccccc3c1-c1sc(-c3ccccc3)nc12. The molecule has 0 radical (unpaired) electrons. The van der Waals surface area contributed by atoms with E-state index in [1.807, 2.05) is 30.2 Å². The third-order valence-corrected chi connectivity index (χ3v) is 10.9. The molecule has 0 saturated heterocycles. The molecule has 0 fully saturated rings. The number of aromatic nitrogens is 1. The van der Waals surface area contributed by atoms with Crippen molar-refractivity contribution in [3.8, 4) is 21.0 Å². The number of hydrogen-bond donors (Lipinski definition) is 0. The number of thiazole rings is 1. The zero-order valence-corrected chi connectivity index (χ0v) is 20.0. The highest BCUT2D eigenvalue weighted by molar-refractivity contribution is 8.00. The Hall–Kier alpha value is -2.44. The van der Waals surface area contributed by atoms with E-state index in [9.17, 15) is 0 Å². The Morgan fingerprint density at radius 2 is 1.59 bits per heavy atom. The largest absolute Gasteiger partial charge is 0.365 e. The van der Waals surface area contributed by atoms with Crippen molar-refractivity contribution in [2.45, 2.75) is 22.2 Å². The van der Waals surface area contributed by atoms with Crippen LogP contribution in [0.5, 0.6) is 0 Å². The smallest absolute Gasteiger partial charge is 0.157 e. The van der Waals surface area contributed by atoms with Crippen LogP contribution in [0.2, 0.25) is 0 Å². The van der Waals surface area contributed by atoms with E-state index in [0.29, 0.717) is 0 Å². The maximum Gasteiger partial charge on any atom is 0.157 e. The summed E-state index contributed by atoms with van der Waals surface area (Å²) in [6, 6.07) is 28.0. The highest BCUT2D eigenvalue weighted by atomic mass is 32.2. The van der Waals surface area contributed by atoms with Gasteiger partial charge in [0, 0.05) is 43.7 Å². The molecular weight excluding hydrogens is 451 g/mol. The van der Waals surface area contributed by atoms with Gasteiger partial charge < -0.3 is 4.74 Å². The van der Waals surface area contributed by atoms with E-state index in [2.05, 4.69) is 85.8 Å². The van der Waals surface area contributed by atoms with Crippen molar-refractivity contribution in [3.05, 3.63) is 95.0 Å². The number of hydrogen-bond acceptors (Lipinski definition) is 5. The molecule has 0 bridgehead atoms. The lowest BCUT2D eigenvalue weighted by Gasteiger charge is -2.44. The zero-order valence-electron chi connectivity index (χ0n) is 17.6. The van der Waals surface area contributed by atoms with Crippen molar-refractivity contribution in [1.29, 1.82) is 0 Å². The topological polar surface area (TPSA) is 22.1 Å². The van der Waals surface area contributed by atoms with Crippen LogP contribution in [0.1, 0.15) is 23.1 Å². The van der Waals surface area contributed by atoms with E-state index in [1.165, 1.54) is 35.9 Å². The monoisotopic (exact) mass is 469 g/mol. The minimum atomic E-state index is -0.624. The fraction of sp³-hybridized carbons (Fsp3) is 0.148. The molecule has 0 N–H and O–H groups in total. The van der Waals surface area contributed by atoms with Crippen LogP contribution in [-0.2, 0) is 15.1 Å². The predicted molar refractivity (Wildman–Crippen MR) is 136 cm³/mol. The maximum absolute atomic E-state index is 6.59. The average Bonchev–Trinajstić information content (AvgIpc) is 3.50. The normalized spacial score (nSPS) is 22.9. The molecule has 5 aromatic rings. The molecule has 32 heavy (non-hydrogen) atoms. The standard InChI is InChI=1S/C27H19NOS3/c1-26-24-21(17-12-6-8-14-19(17)30-24)22-23(28-25(31-22)16-10-4-3-5-11-16)27(26,29-2)18-13-7-9-15-20(18)32-26/h3-15H,1-2H3/t26-,27+/m0/s1. The first kappa shape index (κ1) is 19.1. The van der Waals surface area contributed by atoms with Crippen molar-refractivity contribution >= 4 is 44.5 Å². The highest BCUT2D eigenvalue weighted by Crippen LogP contribution is 2.71. The first-order chi connectivity index (χ1) is 15.7. The van der Waals surface area contributed by atoms with Gasteiger partial charge in [0.2, 0.25) is 0 Å². The average molecular weight is 470 g/mol. The molecule has 2 aliphatic rings. The third kappa shape index (κ3) is 2.17. The minimum absolute atomic E-state index is 0.292. The van der Waals surface area contributed by atoms with Crippen molar-refractivity contribution in [2.75, 3.05) is 7.11 Å². The summed E-state index contributed by atoms with van der Waals surface area (Å²) in [4.78, 5) is 9.23. The van der Waals surface area contributed by atoms with Gasteiger partial charge in [-0.05, 0) is 19.1 Å². The number of thioether (sulfide) groups is 1.